The largest absolute Gasteiger partial charge is 0.392 e. The van der Waals surface area contributed by atoms with Crippen molar-refractivity contribution in [3.63, 3.8) is 0 Å². The van der Waals surface area contributed by atoms with Crippen molar-refractivity contribution in [2.75, 3.05) is 5.32 Å². The normalized spacial score (nSPS) is 11.6. The summed E-state index contributed by atoms with van der Waals surface area (Å²) in [5, 5.41) is 12.5. The van der Waals surface area contributed by atoms with E-state index >= 15 is 0 Å². The van der Waals surface area contributed by atoms with E-state index in [0.29, 0.717) is 11.6 Å². The third-order valence-electron chi connectivity index (χ3n) is 4.40. The topological polar surface area (TPSA) is 75.9 Å². The molecule has 0 fully saturated rings. The van der Waals surface area contributed by atoms with Gasteiger partial charge >= 0.3 is 0 Å². The lowest BCUT2D eigenvalue weighted by molar-refractivity contribution is 0.282. The standard InChI is InChI=1S/C20H18FN5O.C2H6/c1-13(15-3-5-16(21)6-4-15)24-19-9-22-10-20(25-19)26-12-23-17-8-14(11-27)2-7-18(17)26;1-2/h2-10,12-13,27H,11H2,1H3,(H,24,25);1-2H3. The van der Waals surface area contributed by atoms with E-state index in [2.05, 4.69) is 20.3 Å². The zero-order chi connectivity index (χ0) is 20.8. The second kappa shape index (κ2) is 9.25. The minimum absolute atomic E-state index is 0.0245. The van der Waals surface area contributed by atoms with Gasteiger partial charge in [0.05, 0.1) is 30.0 Å². The van der Waals surface area contributed by atoms with E-state index in [-0.39, 0.29) is 18.5 Å². The second-order valence-electron chi connectivity index (χ2n) is 6.28. The number of hydrogen-bond donors (Lipinski definition) is 2. The molecule has 6 nitrogen and oxygen atoms in total. The molecule has 0 aliphatic heterocycles. The molecule has 4 aromatic rings. The Hall–Kier alpha value is -3.32. The van der Waals surface area contributed by atoms with Crippen LogP contribution in [0.3, 0.4) is 0 Å². The van der Waals surface area contributed by atoms with Crippen LogP contribution in [-0.2, 0) is 6.61 Å². The van der Waals surface area contributed by atoms with Gasteiger partial charge in [-0.05, 0) is 42.3 Å². The molecule has 2 aromatic heterocycles. The first-order valence-electron chi connectivity index (χ1n) is 9.55. The van der Waals surface area contributed by atoms with Crippen molar-refractivity contribution in [1.29, 1.82) is 0 Å². The molecule has 2 aromatic carbocycles. The first-order chi connectivity index (χ1) is 14.1. The minimum atomic E-state index is -0.260. The number of anilines is 1. The van der Waals surface area contributed by atoms with Gasteiger partial charge in [0.15, 0.2) is 5.82 Å². The van der Waals surface area contributed by atoms with Gasteiger partial charge in [-0.25, -0.2) is 14.4 Å². The first kappa shape index (κ1) is 20.4. The molecule has 0 saturated carbocycles. The van der Waals surface area contributed by atoms with Crippen LogP contribution in [0, 0.1) is 5.82 Å². The summed E-state index contributed by atoms with van der Waals surface area (Å²) < 4.78 is 14.9. The molecule has 0 amide bonds. The molecule has 4 rings (SSSR count). The molecule has 7 heteroatoms. The van der Waals surface area contributed by atoms with Gasteiger partial charge in [0.1, 0.15) is 18.0 Å². The number of fused-ring (bicyclic) bond motifs is 1. The summed E-state index contributed by atoms with van der Waals surface area (Å²) in [5.41, 5.74) is 3.42. The van der Waals surface area contributed by atoms with E-state index in [1.165, 1.54) is 12.1 Å². The van der Waals surface area contributed by atoms with Crippen molar-refractivity contribution < 1.29 is 9.50 Å². The Morgan fingerprint density at radius 2 is 1.86 bits per heavy atom. The van der Waals surface area contributed by atoms with Crippen LogP contribution in [0.25, 0.3) is 16.9 Å². The van der Waals surface area contributed by atoms with Gasteiger partial charge in [-0.3, -0.25) is 9.55 Å². The van der Waals surface area contributed by atoms with Crippen molar-refractivity contribution in [1.82, 2.24) is 19.5 Å². The Morgan fingerprint density at radius 3 is 2.59 bits per heavy atom. The maximum absolute atomic E-state index is 13.1. The zero-order valence-corrected chi connectivity index (χ0v) is 16.7. The Morgan fingerprint density at radius 1 is 1.10 bits per heavy atom. The predicted molar refractivity (Wildman–Crippen MR) is 112 cm³/mol. The maximum atomic E-state index is 13.1. The Kier molecular flexibility index (Phi) is 6.51. The summed E-state index contributed by atoms with van der Waals surface area (Å²) >= 11 is 0. The highest BCUT2D eigenvalue weighted by Crippen LogP contribution is 2.21. The van der Waals surface area contributed by atoms with Crippen LogP contribution in [0.2, 0.25) is 0 Å². The van der Waals surface area contributed by atoms with Gasteiger partial charge in [-0.1, -0.05) is 32.0 Å². The number of aromatic nitrogens is 4. The van der Waals surface area contributed by atoms with Crippen molar-refractivity contribution >= 4 is 16.9 Å². The van der Waals surface area contributed by atoms with E-state index < -0.39 is 0 Å². The van der Waals surface area contributed by atoms with Gasteiger partial charge in [0.25, 0.3) is 0 Å². The number of aliphatic hydroxyl groups is 1. The average Bonchev–Trinajstić information content (AvgIpc) is 3.19. The molecule has 0 spiro atoms. The minimum Gasteiger partial charge on any atom is -0.392 e. The van der Waals surface area contributed by atoms with Crippen LogP contribution >= 0.6 is 0 Å². The zero-order valence-electron chi connectivity index (χ0n) is 16.7. The molecule has 1 unspecified atom stereocenters. The molecule has 0 aliphatic carbocycles. The monoisotopic (exact) mass is 393 g/mol. The second-order valence-corrected chi connectivity index (χ2v) is 6.28. The number of rotatable bonds is 5. The molecule has 29 heavy (non-hydrogen) atoms. The SMILES string of the molecule is CC.CC(Nc1cncc(-n2cnc3cc(CO)ccc32)n1)c1ccc(F)cc1. The van der Waals surface area contributed by atoms with Crippen LogP contribution in [0.1, 0.15) is 37.9 Å². The van der Waals surface area contributed by atoms with Crippen LogP contribution in [0.15, 0.2) is 61.2 Å². The van der Waals surface area contributed by atoms with Crippen molar-refractivity contribution in [3.8, 4) is 5.82 Å². The molecule has 1 atom stereocenters. The lowest BCUT2D eigenvalue weighted by atomic mass is 10.1. The lowest BCUT2D eigenvalue weighted by Crippen LogP contribution is -2.09. The quantitative estimate of drug-likeness (QED) is 0.516. The third kappa shape index (κ3) is 4.57. The Bertz CT molecular complexity index is 1080. The highest BCUT2D eigenvalue weighted by atomic mass is 19.1. The summed E-state index contributed by atoms with van der Waals surface area (Å²) in [6, 6.07) is 11.9. The molecule has 0 saturated heterocycles. The Labute approximate surface area is 169 Å². The number of halogens is 1. The highest BCUT2D eigenvalue weighted by Gasteiger charge is 2.10. The number of benzene rings is 2. The van der Waals surface area contributed by atoms with Crippen LogP contribution < -0.4 is 5.32 Å². The van der Waals surface area contributed by atoms with Gasteiger partial charge in [-0.15, -0.1) is 0 Å². The fourth-order valence-corrected chi connectivity index (χ4v) is 2.94. The molecule has 0 bridgehead atoms. The van der Waals surface area contributed by atoms with E-state index in [0.717, 1.165) is 22.2 Å². The molecule has 2 heterocycles. The van der Waals surface area contributed by atoms with Gasteiger partial charge in [0, 0.05) is 6.04 Å². The molecular formula is C22H24FN5O. The summed E-state index contributed by atoms with van der Waals surface area (Å²) in [5.74, 6) is 0.979. The number of nitrogens with zero attached hydrogens (tertiary/aromatic N) is 4. The maximum Gasteiger partial charge on any atom is 0.159 e. The molecule has 0 aliphatic rings. The fourth-order valence-electron chi connectivity index (χ4n) is 2.94. The molecule has 150 valence electrons. The number of aliphatic hydroxyl groups excluding tert-OH is 1. The van der Waals surface area contributed by atoms with Crippen LogP contribution in [-0.4, -0.2) is 24.6 Å². The smallest absolute Gasteiger partial charge is 0.159 e. The fraction of sp³-hybridized carbons (Fsp3) is 0.227. The summed E-state index contributed by atoms with van der Waals surface area (Å²) in [7, 11) is 0. The van der Waals surface area contributed by atoms with E-state index in [1.54, 1.807) is 30.9 Å². The van der Waals surface area contributed by atoms with E-state index in [9.17, 15) is 9.50 Å². The number of imidazole rings is 1. The highest BCUT2D eigenvalue weighted by molar-refractivity contribution is 5.77. The molecule has 2 N–H and O–H groups in total. The average molecular weight is 393 g/mol. The third-order valence-corrected chi connectivity index (χ3v) is 4.40. The molecular weight excluding hydrogens is 369 g/mol. The summed E-state index contributed by atoms with van der Waals surface area (Å²) in [4.78, 5) is 13.3. The molecule has 0 radical (unpaired) electrons. The van der Waals surface area contributed by atoms with Crippen LogP contribution in [0.5, 0.6) is 0 Å². The summed E-state index contributed by atoms with van der Waals surface area (Å²) in [6.45, 7) is 5.95. The van der Waals surface area contributed by atoms with Gasteiger partial charge in [0.2, 0.25) is 0 Å². The van der Waals surface area contributed by atoms with Crippen LogP contribution in [0.4, 0.5) is 10.2 Å². The first-order valence-corrected chi connectivity index (χ1v) is 9.55. The number of hydrogen-bond acceptors (Lipinski definition) is 5. The predicted octanol–water partition coefficient (Wildman–Crippen LogP) is 4.65. The van der Waals surface area contributed by atoms with Gasteiger partial charge < -0.3 is 10.4 Å². The van der Waals surface area contributed by atoms with Crippen molar-refractivity contribution in [2.24, 2.45) is 0 Å². The lowest BCUT2D eigenvalue weighted by Gasteiger charge is -2.15. The van der Waals surface area contributed by atoms with Crippen molar-refractivity contribution in [3.05, 3.63) is 78.1 Å². The van der Waals surface area contributed by atoms with E-state index in [1.807, 2.05) is 43.5 Å². The van der Waals surface area contributed by atoms with Gasteiger partial charge in [-0.2, -0.15) is 0 Å². The van der Waals surface area contributed by atoms with E-state index in [4.69, 9.17) is 0 Å². The Balaban J connectivity index is 0.00000117. The number of nitrogens with one attached hydrogen (secondary N) is 1. The summed E-state index contributed by atoms with van der Waals surface area (Å²) in [6.07, 6.45) is 4.99. The van der Waals surface area contributed by atoms with Crippen molar-refractivity contribution in [2.45, 2.75) is 33.4 Å².